The highest BCUT2D eigenvalue weighted by atomic mass is 32.2. The number of amides is 2. The largest absolute Gasteiger partial charge is 0.497 e. The maximum absolute atomic E-state index is 12.3. The van der Waals surface area contributed by atoms with Crippen molar-refractivity contribution in [2.45, 2.75) is 17.9 Å². The van der Waals surface area contributed by atoms with Crippen molar-refractivity contribution in [1.29, 1.82) is 0 Å². The van der Waals surface area contributed by atoms with E-state index in [1.807, 2.05) is 6.92 Å². The molecular weight excluding hydrogens is 382 g/mol. The van der Waals surface area contributed by atoms with Crippen molar-refractivity contribution >= 4 is 16.1 Å². The highest BCUT2D eigenvalue weighted by Gasteiger charge is 2.14. The van der Waals surface area contributed by atoms with Crippen LogP contribution >= 0.6 is 0 Å². The molecule has 9 heteroatoms. The smallest absolute Gasteiger partial charge is 0.317 e. The molecule has 28 heavy (non-hydrogen) atoms. The Balaban J connectivity index is 1.82. The van der Waals surface area contributed by atoms with E-state index in [9.17, 15) is 13.2 Å². The van der Waals surface area contributed by atoms with E-state index in [0.29, 0.717) is 18.9 Å². The predicted octanol–water partition coefficient (Wildman–Crippen LogP) is 2.12. The molecule has 2 aromatic carbocycles. The minimum absolute atomic E-state index is 0.0302. The summed E-state index contributed by atoms with van der Waals surface area (Å²) in [6, 6.07) is 12.7. The number of nitrogens with zero attached hydrogens (tertiary/aromatic N) is 1. The zero-order valence-electron chi connectivity index (χ0n) is 16.1. The maximum Gasteiger partial charge on any atom is 0.317 e. The van der Waals surface area contributed by atoms with E-state index in [4.69, 9.17) is 14.6 Å². The molecule has 3 N–H and O–H groups in total. The summed E-state index contributed by atoms with van der Waals surface area (Å²) >= 11 is 0. The van der Waals surface area contributed by atoms with Gasteiger partial charge < -0.3 is 19.7 Å². The van der Waals surface area contributed by atoms with Crippen LogP contribution in [0.2, 0.25) is 0 Å². The summed E-state index contributed by atoms with van der Waals surface area (Å²) < 4.78 is 33.3. The Morgan fingerprint density at radius 1 is 1.11 bits per heavy atom. The number of nitrogens with one attached hydrogen (secondary N) is 1. The molecule has 0 aliphatic carbocycles. The highest BCUT2D eigenvalue weighted by molar-refractivity contribution is 7.89. The van der Waals surface area contributed by atoms with Gasteiger partial charge in [0.25, 0.3) is 0 Å². The molecule has 0 saturated heterocycles. The average Bonchev–Trinajstić information content (AvgIpc) is 2.67. The summed E-state index contributed by atoms with van der Waals surface area (Å²) in [6.45, 7) is 2.55. The number of methoxy groups -OCH3 is 1. The van der Waals surface area contributed by atoms with Crippen LogP contribution in [0.1, 0.15) is 18.5 Å². The van der Waals surface area contributed by atoms with Gasteiger partial charge in [-0.1, -0.05) is 12.1 Å². The molecule has 2 rings (SSSR count). The van der Waals surface area contributed by atoms with E-state index in [2.05, 4.69) is 5.32 Å². The molecule has 1 atom stereocenters. The Morgan fingerprint density at radius 2 is 1.68 bits per heavy atom. The molecule has 0 aromatic heterocycles. The molecule has 0 saturated carbocycles. The highest BCUT2D eigenvalue weighted by Crippen LogP contribution is 2.17. The second-order valence-corrected chi connectivity index (χ2v) is 7.79. The van der Waals surface area contributed by atoms with E-state index in [0.717, 1.165) is 11.3 Å². The van der Waals surface area contributed by atoms with Crippen LogP contribution in [-0.2, 0) is 10.0 Å². The zero-order valence-corrected chi connectivity index (χ0v) is 16.9. The number of nitrogens with two attached hydrogens (primary N) is 1. The van der Waals surface area contributed by atoms with Crippen molar-refractivity contribution in [1.82, 2.24) is 10.2 Å². The van der Waals surface area contributed by atoms with Crippen molar-refractivity contribution in [3.05, 3.63) is 54.1 Å². The number of hydrogen-bond donors (Lipinski definition) is 2. The van der Waals surface area contributed by atoms with E-state index < -0.39 is 10.0 Å². The lowest BCUT2D eigenvalue weighted by Crippen LogP contribution is -2.40. The first-order valence-corrected chi connectivity index (χ1v) is 10.2. The lowest BCUT2D eigenvalue weighted by atomic mass is 10.1. The SMILES string of the molecule is COc1ccc(OCCN(C)C(=O)N[C@H](C)c2ccc(S(N)(=O)=O)cc2)cc1. The molecule has 152 valence electrons. The van der Waals surface area contributed by atoms with Crippen LogP contribution in [0.5, 0.6) is 11.5 Å². The molecule has 0 unspecified atom stereocenters. The Kier molecular flexibility index (Phi) is 7.24. The van der Waals surface area contributed by atoms with Gasteiger partial charge in [-0.2, -0.15) is 0 Å². The minimum atomic E-state index is -3.74. The summed E-state index contributed by atoms with van der Waals surface area (Å²) in [6.07, 6.45) is 0. The molecule has 8 nitrogen and oxygen atoms in total. The van der Waals surface area contributed by atoms with Gasteiger partial charge >= 0.3 is 6.03 Å². The van der Waals surface area contributed by atoms with Crippen molar-refractivity contribution in [3.63, 3.8) is 0 Å². The summed E-state index contributed by atoms with van der Waals surface area (Å²) in [5, 5.41) is 7.94. The molecule has 2 amide bonds. The molecular formula is C19H25N3O5S. The number of hydrogen-bond acceptors (Lipinski definition) is 5. The van der Waals surface area contributed by atoms with Gasteiger partial charge in [0.1, 0.15) is 18.1 Å². The van der Waals surface area contributed by atoms with Crippen molar-refractivity contribution in [3.8, 4) is 11.5 Å². The number of primary sulfonamides is 1. The molecule has 0 fully saturated rings. The van der Waals surface area contributed by atoms with Crippen LogP contribution in [0.25, 0.3) is 0 Å². The lowest BCUT2D eigenvalue weighted by molar-refractivity contribution is 0.192. The number of benzene rings is 2. The first-order valence-electron chi connectivity index (χ1n) is 8.62. The first-order chi connectivity index (χ1) is 13.2. The van der Waals surface area contributed by atoms with Gasteiger partial charge in [0.05, 0.1) is 24.6 Å². The molecule has 0 spiro atoms. The van der Waals surface area contributed by atoms with Gasteiger partial charge in [0.15, 0.2) is 0 Å². The quantitative estimate of drug-likeness (QED) is 0.696. The lowest BCUT2D eigenvalue weighted by Gasteiger charge is -2.22. The summed E-state index contributed by atoms with van der Waals surface area (Å²) in [5.74, 6) is 1.44. The molecule has 0 aliphatic heterocycles. The van der Waals surface area contributed by atoms with Gasteiger partial charge in [-0.05, 0) is 48.9 Å². The van der Waals surface area contributed by atoms with Crippen LogP contribution in [-0.4, -0.2) is 46.7 Å². The fourth-order valence-corrected chi connectivity index (χ4v) is 2.91. The van der Waals surface area contributed by atoms with E-state index in [1.54, 1.807) is 50.6 Å². The molecule has 0 heterocycles. The number of carbonyl (C=O) groups is 1. The number of urea groups is 1. The Bertz CT molecular complexity index is 883. The fraction of sp³-hybridized carbons (Fsp3) is 0.316. The van der Waals surface area contributed by atoms with Gasteiger partial charge in [0, 0.05) is 7.05 Å². The summed E-state index contributed by atoms with van der Waals surface area (Å²) in [7, 11) is -0.469. The molecule has 0 aliphatic rings. The Morgan fingerprint density at radius 3 is 2.21 bits per heavy atom. The van der Waals surface area contributed by atoms with Crippen LogP contribution in [0.15, 0.2) is 53.4 Å². The van der Waals surface area contributed by atoms with Crippen LogP contribution < -0.4 is 19.9 Å². The third kappa shape index (κ3) is 6.14. The third-order valence-electron chi connectivity index (χ3n) is 4.15. The van der Waals surface area contributed by atoms with Gasteiger partial charge in [0.2, 0.25) is 10.0 Å². The van der Waals surface area contributed by atoms with Crippen LogP contribution in [0.4, 0.5) is 4.79 Å². The number of ether oxygens (including phenoxy) is 2. The summed E-state index contributed by atoms with van der Waals surface area (Å²) in [4.78, 5) is 13.8. The minimum Gasteiger partial charge on any atom is -0.497 e. The van der Waals surface area contributed by atoms with Crippen molar-refractivity contribution in [2.75, 3.05) is 27.3 Å². The van der Waals surface area contributed by atoms with Crippen molar-refractivity contribution in [2.24, 2.45) is 5.14 Å². The molecule has 2 aromatic rings. The maximum atomic E-state index is 12.3. The normalized spacial score (nSPS) is 12.1. The molecule has 0 bridgehead atoms. The standard InChI is InChI=1S/C19H25N3O5S/c1-14(15-4-10-18(11-5-15)28(20,24)25)21-19(23)22(2)12-13-27-17-8-6-16(26-3)7-9-17/h4-11,14H,12-13H2,1-3H3,(H,21,23)(H2,20,24,25)/t14-/m1/s1. The topological polar surface area (TPSA) is 111 Å². The fourth-order valence-electron chi connectivity index (χ4n) is 2.40. The third-order valence-corrected chi connectivity index (χ3v) is 5.08. The van der Waals surface area contributed by atoms with Gasteiger partial charge in [-0.15, -0.1) is 0 Å². The Hall–Kier alpha value is -2.78. The number of rotatable bonds is 8. The van der Waals surface area contributed by atoms with Gasteiger partial charge in [-0.25, -0.2) is 18.4 Å². The van der Waals surface area contributed by atoms with E-state index in [1.165, 1.54) is 17.0 Å². The second kappa shape index (κ2) is 9.43. The van der Waals surface area contributed by atoms with Gasteiger partial charge in [-0.3, -0.25) is 0 Å². The summed E-state index contributed by atoms with van der Waals surface area (Å²) in [5.41, 5.74) is 0.767. The second-order valence-electron chi connectivity index (χ2n) is 6.23. The van der Waals surface area contributed by atoms with Crippen LogP contribution in [0.3, 0.4) is 0 Å². The first kappa shape index (κ1) is 21.5. The monoisotopic (exact) mass is 407 g/mol. The number of carbonyl (C=O) groups excluding carboxylic acids is 1. The predicted molar refractivity (Wildman–Crippen MR) is 106 cm³/mol. The van der Waals surface area contributed by atoms with E-state index in [-0.39, 0.29) is 17.0 Å². The average molecular weight is 407 g/mol. The Labute approximate surface area is 165 Å². The molecule has 0 radical (unpaired) electrons. The van der Waals surface area contributed by atoms with Crippen molar-refractivity contribution < 1.29 is 22.7 Å². The van der Waals surface area contributed by atoms with E-state index >= 15 is 0 Å². The van der Waals surface area contributed by atoms with Crippen LogP contribution in [0, 0.1) is 0 Å². The zero-order chi connectivity index (χ0) is 20.7. The number of sulfonamides is 1. The number of likely N-dealkylation sites (N-methyl/N-ethyl adjacent to an activating group) is 1.